The molecule has 1 heterocycles. The van der Waals surface area contributed by atoms with Crippen LogP contribution in [-0.2, 0) is 6.42 Å². The van der Waals surface area contributed by atoms with Crippen LogP contribution in [0.3, 0.4) is 0 Å². The highest BCUT2D eigenvalue weighted by Gasteiger charge is 2.18. The smallest absolute Gasteiger partial charge is 0.257 e. The summed E-state index contributed by atoms with van der Waals surface area (Å²) in [5.41, 5.74) is 6.92. The number of carbonyl (C=O) groups is 1. The second-order valence-corrected chi connectivity index (χ2v) is 5.75. The van der Waals surface area contributed by atoms with E-state index in [-0.39, 0.29) is 5.91 Å². The van der Waals surface area contributed by atoms with Crippen LogP contribution < -0.4 is 10.5 Å². The second kappa shape index (κ2) is 7.13. The zero-order valence-corrected chi connectivity index (χ0v) is 13.2. The topological polar surface area (TPSA) is 55.6 Å². The number of likely N-dealkylation sites (N-methyl/N-ethyl adjacent to an activating group) is 1. The zero-order chi connectivity index (χ0) is 15.2. The number of hydrogen-bond donors (Lipinski definition) is 1. The van der Waals surface area contributed by atoms with Crippen LogP contribution in [0.2, 0.25) is 0 Å². The first-order valence-electron chi connectivity index (χ1n) is 6.92. The molecule has 0 aliphatic rings. The standard InChI is InChI=1S/C16H20N2O2S/c1-3-20-15-13(7-4-8-14(15)17)16(19)18(2)10-9-12-6-5-11-21-12/h4-8,11H,3,9-10,17H2,1-2H3. The van der Waals surface area contributed by atoms with Crippen LogP contribution in [0, 0.1) is 0 Å². The molecule has 0 saturated heterocycles. The summed E-state index contributed by atoms with van der Waals surface area (Å²) in [7, 11) is 1.80. The number of nitrogens with zero attached hydrogens (tertiary/aromatic N) is 1. The van der Waals surface area contributed by atoms with Gasteiger partial charge in [0.1, 0.15) is 0 Å². The number of hydrogen-bond acceptors (Lipinski definition) is 4. The van der Waals surface area contributed by atoms with Gasteiger partial charge in [-0.05, 0) is 36.9 Å². The fourth-order valence-electron chi connectivity index (χ4n) is 2.07. The predicted molar refractivity (Wildman–Crippen MR) is 87.0 cm³/mol. The molecule has 5 heteroatoms. The first kappa shape index (κ1) is 15.4. The van der Waals surface area contributed by atoms with Crippen LogP contribution >= 0.6 is 11.3 Å². The van der Waals surface area contributed by atoms with Crippen LogP contribution in [0.15, 0.2) is 35.7 Å². The molecule has 21 heavy (non-hydrogen) atoms. The monoisotopic (exact) mass is 304 g/mol. The Hall–Kier alpha value is -2.01. The summed E-state index contributed by atoms with van der Waals surface area (Å²) in [6, 6.07) is 9.37. The number of benzene rings is 1. The van der Waals surface area contributed by atoms with E-state index in [2.05, 4.69) is 6.07 Å². The number of carbonyl (C=O) groups excluding carboxylic acids is 1. The highest BCUT2D eigenvalue weighted by molar-refractivity contribution is 7.09. The molecular formula is C16H20N2O2S. The summed E-state index contributed by atoms with van der Waals surface area (Å²) in [6.07, 6.45) is 0.853. The van der Waals surface area contributed by atoms with Crippen molar-refractivity contribution in [2.24, 2.45) is 0 Å². The minimum absolute atomic E-state index is 0.0673. The highest BCUT2D eigenvalue weighted by atomic mass is 32.1. The molecule has 0 radical (unpaired) electrons. The molecule has 0 aliphatic heterocycles. The van der Waals surface area contributed by atoms with Crippen LogP contribution in [0.4, 0.5) is 5.69 Å². The SMILES string of the molecule is CCOc1c(N)cccc1C(=O)N(C)CCc1cccs1. The van der Waals surface area contributed by atoms with E-state index < -0.39 is 0 Å². The fourth-order valence-corrected chi connectivity index (χ4v) is 2.77. The third-order valence-electron chi connectivity index (χ3n) is 3.18. The number of rotatable bonds is 6. The van der Waals surface area contributed by atoms with Crippen molar-refractivity contribution in [3.05, 3.63) is 46.2 Å². The van der Waals surface area contributed by atoms with Crippen molar-refractivity contribution in [3.63, 3.8) is 0 Å². The maximum absolute atomic E-state index is 12.5. The van der Waals surface area contributed by atoms with Crippen molar-refractivity contribution >= 4 is 22.9 Å². The number of anilines is 1. The fraction of sp³-hybridized carbons (Fsp3) is 0.312. The molecule has 0 bridgehead atoms. The predicted octanol–water partition coefficient (Wildman–Crippen LogP) is 3.04. The van der Waals surface area contributed by atoms with E-state index in [0.29, 0.717) is 30.2 Å². The van der Waals surface area contributed by atoms with E-state index in [1.165, 1.54) is 4.88 Å². The third-order valence-corrected chi connectivity index (χ3v) is 4.12. The number of thiophene rings is 1. The zero-order valence-electron chi connectivity index (χ0n) is 12.3. The third kappa shape index (κ3) is 3.76. The van der Waals surface area contributed by atoms with Crippen molar-refractivity contribution < 1.29 is 9.53 Å². The Labute approximate surface area is 129 Å². The van der Waals surface area contributed by atoms with Gasteiger partial charge in [0.2, 0.25) is 0 Å². The Bertz CT molecular complexity index is 596. The lowest BCUT2D eigenvalue weighted by molar-refractivity contribution is 0.0793. The Balaban J connectivity index is 2.09. The first-order chi connectivity index (χ1) is 10.1. The van der Waals surface area contributed by atoms with Crippen LogP contribution in [0.1, 0.15) is 22.2 Å². The van der Waals surface area contributed by atoms with Crippen LogP contribution in [-0.4, -0.2) is 31.0 Å². The lowest BCUT2D eigenvalue weighted by Crippen LogP contribution is -2.29. The summed E-state index contributed by atoms with van der Waals surface area (Å²) in [4.78, 5) is 15.5. The molecule has 0 saturated carbocycles. The van der Waals surface area contributed by atoms with E-state index >= 15 is 0 Å². The number of nitrogens with two attached hydrogens (primary N) is 1. The molecule has 0 fully saturated rings. The number of nitrogen functional groups attached to an aromatic ring is 1. The number of amides is 1. The van der Waals surface area contributed by atoms with Gasteiger partial charge in [0, 0.05) is 18.5 Å². The van der Waals surface area contributed by atoms with Gasteiger partial charge in [-0.1, -0.05) is 12.1 Å². The molecule has 2 N–H and O–H groups in total. The minimum Gasteiger partial charge on any atom is -0.491 e. The van der Waals surface area contributed by atoms with E-state index in [1.807, 2.05) is 18.4 Å². The molecule has 0 aliphatic carbocycles. The Morgan fingerprint density at radius 3 is 2.81 bits per heavy atom. The van der Waals surface area contributed by atoms with E-state index in [1.54, 1.807) is 41.5 Å². The molecule has 2 rings (SSSR count). The Morgan fingerprint density at radius 2 is 2.14 bits per heavy atom. The molecule has 112 valence electrons. The molecule has 2 aromatic rings. The molecule has 0 spiro atoms. The molecule has 0 unspecified atom stereocenters. The summed E-state index contributed by atoms with van der Waals surface area (Å²) in [6.45, 7) is 3.02. The van der Waals surface area contributed by atoms with Gasteiger partial charge in [0.15, 0.2) is 5.75 Å². The maximum Gasteiger partial charge on any atom is 0.257 e. The average Bonchev–Trinajstić information content (AvgIpc) is 2.99. The summed E-state index contributed by atoms with van der Waals surface area (Å²) >= 11 is 1.70. The van der Waals surface area contributed by atoms with Gasteiger partial charge in [-0.15, -0.1) is 11.3 Å². The van der Waals surface area contributed by atoms with Crippen molar-refractivity contribution in [1.29, 1.82) is 0 Å². The van der Waals surface area contributed by atoms with E-state index in [0.717, 1.165) is 6.42 Å². The van der Waals surface area contributed by atoms with Gasteiger partial charge in [-0.25, -0.2) is 0 Å². The van der Waals surface area contributed by atoms with Crippen molar-refractivity contribution in [2.45, 2.75) is 13.3 Å². The number of para-hydroxylation sites is 1. The Kier molecular flexibility index (Phi) is 5.22. The van der Waals surface area contributed by atoms with Gasteiger partial charge >= 0.3 is 0 Å². The summed E-state index contributed by atoms with van der Waals surface area (Å²) < 4.78 is 5.52. The molecule has 1 aromatic heterocycles. The number of ether oxygens (including phenoxy) is 1. The van der Waals surface area contributed by atoms with Gasteiger partial charge in [0.05, 0.1) is 17.9 Å². The quantitative estimate of drug-likeness (QED) is 0.835. The molecule has 4 nitrogen and oxygen atoms in total. The van der Waals surface area contributed by atoms with E-state index in [9.17, 15) is 4.79 Å². The van der Waals surface area contributed by atoms with Crippen LogP contribution in [0.25, 0.3) is 0 Å². The summed E-state index contributed by atoms with van der Waals surface area (Å²) in [5, 5.41) is 2.04. The van der Waals surface area contributed by atoms with Crippen LogP contribution in [0.5, 0.6) is 5.75 Å². The average molecular weight is 304 g/mol. The van der Waals surface area contributed by atoms with Gasteiger partial charge in [-0.2, -0.15) is 0 Å². The van der Waals surface area contributed by atoms with Gasteiger partial charge in [0.25, 0.3) is 5.91 Å². The lowest BCUT2D eigenvalue weighted by Gasteiger charge is -2.19. The minimum atomic E-state index is -0.0673. The van der Waals surface area contributed by atoms with Crippen molar-refractivity contribution in [2.75, 3.05) is 25.9 Å². The van der Waals surface area contributed by atoms with E-state index in [4.69, 9.17) is 10.5 Å². The van der Waals surface area contributed by atoms with Gasteiger partial charge in [-0.3, -0.25) is 4.79 Å². The lowest BCUT2D eigenvalue weighted by atomic mass is 10.1. The summed E-state index contributed by atoms with van der Waals surface area (Å²) in [5.74, 6) is 0.412. The molecule has 1 amide bonds. The molecular weight excluding hydrogens is 284 g/mol. The Morgan fingerprint density at radius 1 is 1.33 bits per heavy atom. The normalized spacial score (nSPS) is 10.4. The van der Waals surface area contributed by atoms with Gasteiger partial charge < -0.3 is 15.4 Å². The van der Waals surface area contributed by atoms with Crippen molar-refractivity contribution in [1.82, 2.24) is 4.90 Å². The largest absolute Gasteiger partial charge is 0.491 e. The first-order valence-corrected chi connectivity index (χ1v) is 7.80. The second-order valence-electron chi connectivity index (χ2n) is 4.71. The van der Waals surface area contributed by atoms with Crippen molar-refractivity contribution in [3.8, 4) is 5.75 Å². The molecule has 0 atom stereocenters. The maximum atomic E-state index is 12.5. The molecule has 1 aromatic carbocycles. The highest BCUT2D eigenvalue weighted by Crippen LogP contribution is 2.27.